The van der Waals surface area contributed by atoms with Crippen molar-refractivity contribution in [2.24, 2.45) is 0 Å². The number of esters is 1. The molecule has 0 atom stereocenters. The average molecular weight is 335 g/mol. The number of hydrogen-bond acceptors (Lipinski definition) is 5. The maximum atomic E-state index is 12.5. The van der Waals surface area contributed by atoms with Crippen LogP contribution < -0.4 is 10.1 Å². The van der Waals surface area contributed by atoms with Crippen LogP contribution in [0.2, 0.25) is 0 Å². The number of nitrogens with one attached hydrogen (secondary N) is 1. The Labute approximate surface area is 130 Å². The largest absolute Gasteiger partial charge is 0.497 e. The van der Waals surface area contributed by atoms with Crippen LogP contribution in [0.3, 0.4) is 0 Å². The molecule has 0 spiro atoms. The Morgan fingerprint density at radius 1 is 1.23 bits per heavy atom. The number of alkyl halides is 3. The van der Waals surface area contributed by atoms with Crippen LogP contribution in [-0.2, 0) is 16.1 Å². The highest BCUT2D eigenvalue weighted by Gasteiger charge is 2.34. The van der Waals surface area contributed by atoms with Gasteiger partial charge in [-0.2, -0.15) is 13.2 Å². The predicted octanol–water partition coefficient (Wildman–Crippen LogP) is 3.44. The number of benzene rings is 1. The molecular formula is C14H16F3NO3S. The number of carbonyl (C=O) groups excluding carboxylic acids is 1. The summed E-state index contributed by atoms with van der Waals surface area (Å²) in [6.45, 7) is 1.67. The maximum absolute atomic E-state index is 12.5. The van der Waals surface area contributed by atoms with Gasteiger partial charge in [-0.25, -0.2) is 4.79 Å². The van der Waals surface area contributed by atoms with Crippen molar-refractivity contribution in [3.63, 3.8) is 0 Å². The lowest BCUT2D eigenvalue weighted by molar-refractivity contribution is -0.135. The molecule has 1 aromatic carbocycles. The van der Waals surface area contributed by atoms with Crippen molar-refractivity contribution >= 4 is 17.7 Å². The number of rotatable bonds is 6. The molecule has 0 radical (unpaired) electrons. The van der Waals surface area contributed by atoms with E-state index in [-0.39, 0.29) is 12.2 Å². The molecule has 122 valence electrons. The second-order valence-corrected chi connectivity index (χ2v) is 5.27. The summed E-state index contributed by atoms with van der Waals surface area (Å²) in [6, 6.07) is 7.02. The highest BCUT2D eigenvalue weighted by atomic mass is 32.2. The number of hydrogen-bond donors (Lipinski definition) is 1. The minimum absolute atomic E-state index is 0.102. The summed E-state index contributed by atoms with van der Waals surface area (Å²) in [5, 5.41) is 2.79. The van der Waals surface area contributed by atoms with Crippen LogP contribution in [0.25, 0.3) is 0 Å². The van der Waals surface area contributed by atoms with Gasteiger partial charge in [0.2, 0.25) is 0 Å². The van der Waals surface area contributed by atoms with Crippen molar-refractivity contribution in [1.82, 2.24) is 5.32 Å². The number of halogens is 3. The first kappa shape index (κ1) is 18.2. The molecule has 1 N–H and O–H groups in total. The van der Waals surface area contributed by atoms with Gasteiger partial charge < -0.3 is 14.8 Å². The van der Waals surface area contributed by atoms with E-state index in [0.717, 1.165) is 12.7 Å². The van der Waals surface area contributed by atoms with Gasteiger partial charge in [-0.15, -0.1) is 0 Å². The van der Waals surface area contributed by atoms with E-state index < -0.39 is 28.1 Å². The van der Waals surface area contributed by atoms with Crippen molar-refractivity contribution in [2.75, 3.05) is 14.2 Å². The average Bonchev–Trinajstić information content (AvgIpc) is 2.49. The Morgan fingerprint density at radius 2 is 1.82 bits per heavy atom. The van der Waals surface area contributed by atoms with E-state index in [4.69, 9.17) is 4.74 Å². The molecule has 0 aliphatic carbocycles. The summed E-state index contributed by atoms with van der Waals surface area (Å²) in [5.41, 5.74) is -3.63. The van der Waals surface area contributed by atoms with Gasteiger partial charge in [-0.1, -0.05) is 12.1 Å². The molecule has 0 saturated heterocycles. The summed E-state index contributed by atoms with van der Waals surface area (Å²) in [5.74, 6) is -0.346. The summed E-state index contributed by atoms with van der Waals surface area (Å²) < 4.78 is 46.9. The first-order chi connectivity index (χ1) is 10.3. The third-order valence-corrected chi connectivity index (χ3v) is 3.55. The van der Waals surface area contributed by atoms with Crippen molar-refractivity contribution < 1.29 is 27.4 Å². The molecule has 0 aliphatic rings. The SMILES string of the molecule is COC(=O)/C(SC(F)(F)F)=C(\C)NCc1ccc(OC)cc1. The van der Waals surface area contributed by atoms with Gasteiger partial charge in [0.05, 0.1) is 14.2 Å². The van der Waals surface area contributed by atoms with Crippen molar-refractivity contribution in [3.05, 3.63) is 40.4 Å². The third kappa shape index (κ3) is 5.88. The van der Waals surface area contributed by atoms with Crippen LogP contribution in [0, 0.1) is 0 Å². The van der Waals surface area contributed by atoms with Crippen LogP contribution in [0.15, 0.2) is 34.9 Å². The van der Waals surface area contributed by atoms with Crippen LogP contribution >= 0.6 is 11.8 Å². The second-order valence-electron chi connectivity index (χ2n) is 4.20. The van der Waals surface area contributed by atoms with E-state index >= 15 is 0 Å². The quantitative estimate of drug-likeness (QED) is 0.637. The normalized spacial score (nSPS) is 12.5. The van der Waals surface area contributed by atoms with E-state index in [2.05, 4.69) is 10.1 Å². The van der Waals surface area contributed by atoms with Crippen LogP contribution in [-0.4, -0.2) is 25.7 Å². The van der Waals surface area contributed by atoms with Gasteiger partial charge in [0.1, 0.15) is 10.7 Å². The maximum Gasteiger partial charge on any atom is 0.446 e. The molecule has 4 nitrogen and oxygen atoms in total. The van der Waals surface area contributed by atoms with Gasteiger partial charge in [-0.05, 0) is 36.4 Å². The molecule has 0 saturated carbocycles. The molecule has 1 rings (SSSR count). The zero-order valence-corrected chi connectivity index (χ0v) is 13.1. The molecule has 0 aromatic heterocycles. The van der Waals surface area contributed by atoms with E-state index in [1.807, 2.05) is 0 Å². The van der Waals surface area contributed by atoms with Crippen LogP contribution in [0.1, 0.15) is 12.5 Å². The lowest BCUT2D eigenvalue weighted by atomic mass is 10.2. The Balaban J connectivity index is 2.82. The Kier molecular flexibility index (Phi) is 6.61. The molecular weight excluding hydrogens is 319 g/mol. The van der Waals surface area contributed by atoms with E-state index in [1.54, 1.807) is 24.3 Å². The number of thioether (sulfide) groups is 1. The molecule has 1 aromatic rings. The fraction of sp³-hybridized carbons (Fsp3) is 0.357. The summed E-state index contributed by atoms with van der Waals surface area (Å²) in [6.07, 6.45) is 0. The standard InChI is InChI=1S/C14H16F3NO3S/c1-9(12(13(19)21-3)22-14(15,16)17)18-8-10-4-6-11(20-2)7-5-10/h4-7,18H,8H2,1-3H3/b12-9-. The van der Waals surface area contributed by atoms with Gasteiger partial charge in [-0.3, -0.25) is 0 Å². The van der Waals surface area contributed by atoms with Gasteiger partial charge in [0.15, 0.2) is 0 Å². The van der Waals surface area contributed by atoms with Crippen LogP contribution in [0.5, 0.6) is 5.75 Å². The van der Waals surface area contributed by atoms with E-state index in [9.17, 15) is 18.0 Å². The topological polar surface area (TPSA) is 47.6 Å². The smallest absolute Gasteiger partial charge is 0.446 e. The number of methoxy groups -OCH3 is 2. The second kappa shape index (κ2) is 7.98. The fourth-order valence-corrected chi connectivity index (χ4v) is 2.16. The van der Waals surface area contributed by atoms with E-state index in [0.29, 0.717) is 5.75 Å². The fourth-order valence-electron chi connectivity index (χ4n) is 1.54. The van der Waals surface area contributed by atoms with Crippen molar-refractivity contribution in [2.45, 2.75) is 19.0 Å². The Bertz CT molecular complexity index is 541. The molecule has 0 bridgehead atoms. The predicted molar refractivity (Wildman–Crippen MR) is 78.2 cm³/mol. The molecule has 8 heteroatoms. The molecule has 0 unspecified atom stereocenters. The molecule has 0 aliphatic heterocycles. The zero-order valence-electron chi connectivity index (χ0n) is 12.3. The first-order valence-electron chi connectivity index (χ1n) is 6.18. The zero-order chi connectivity index (χ0) is 16.8. The number of carbonyl (C=O) groups is 1. The van der Waals surface area contributed by atoms with Gasteiger partial charge in [0, 0.05) is 12.2 Å². The highest BCUT2D eigenvalue weighted by Crippen LogP contribution is 2.37. The number of ether oxygens (including phenoxy) is 2. The van der Waals surface area contributed by atoms with Crippen LogP contribution in [0.4, 0.5) is 13.2 Å². The molecule has 0 heterocycles. The minimum atomic E-state index is -4.56. The van der Waals surface area contributed by atoms with Gasteiger partial charge >= 0.3 is 11.5 Å². The van der Waals surface area contributed by atoms with Crippen molar-refractivity contribution in [1.29, 1.82) is 0 Å². The van der Waals surface area contributed by atoms with Crippen molar-refractivity contribution in [3.8, 4) is 5.75 Å². The van der Waals surface area contributed by atoms with Gasteiger partial charge in [0.25, 0.3) is 0 Å². The number of allylic oxidation sites excluding steroid dienone is 1. The monoisotopic (exact) mass is 335 g/mol. The molecule has 0 amide bonds. The summed E-state index contributed by atoms with van der Waals surface area (Å²) in [7, 11) is 2.58. The lowest BCUT2D eigenvalue weighted by Gasteiger charge is -2.14. The Hall–Kier alpha value is -1.83. The first-order valence-corrected chi connectivity index (χ1v) is 7.00. The molecule has 0 fully saturated rings. The highest BCUT2D eigenvalue weighted by molar-refractivity contribution is 8.04. The minimum Gasteiger partial charge on any atom is -0.497 e. The summed E-state index contributed by atoms with van der Waals surface area (Å²) >= 11 is -0.494. The third-order valence-electron chi connectivity index (χ3n) is 2.65. The van der Waals surface area contributed by atoms with E-state index in [1.165, 1.54) is 14.0 Å². The lowest BCUT2D eigenvalue weighted by Crippen LogP contribution is -2.18. The summed E-state index contributed by atoms with van der Waals surface area (Å²) in [4.78, 5) is 11.0. The Morgan fingerprint density at radius 3 is 2.27 bits per heavy atom. The molecule has 22 heavy (non-hydrogen) atoms.